The van der Waals surface area contributed by atoms with Gasteiger partial charge in [0.1, 0.15) is 0 Å². The summed E-state index contributed by atoms with van der Waals surface area (Å²) in [4.78, 5) is 25.2. The third-order valence-electron chi connectivity index (χ3n) is 2.88. The summed E-state index contributed by atoms with van der Waals surface area (Å²) in [7, 11) is 0. The fourth-order valence-corrected chi connectivity index (χ4v) is 2.34. The Bertz CT molecular complexity index is 455. The second kappa shape index (κ2) is 6.00. The van der Waals surface area contributed by atoms with Crippen LogP contribution < -0.4 is 0 Å². The second-order valence-electron chi connectivity index (χ2n) is 4.14. The van der Waals surface area contributed by atoms with E-state index in [1.807, 2.05) is 6.07 Å². The number of halogens is 1. The van der Waals surface area contributed by atoms with E-state index >= 15 is 0 Å². The topological polar surface area (TPSA) is 46.6 Å². The maximum atomic E-state index is 11.8. The fraction of sp³-hybridized carbons (Fsp3) is 0.385. The van der Waals surface area contributed by atoms with Crippen molar-refractivity contribution in [2.45, 2.75) is 12.8 Å². The Labute approximate surface area is 114 Å². The van der Waals surface area contributed by atoms with Gasteiger partial charge in [-0.2, -0.15) is 0 Å². The van der Waals surface area contributed by atoms with Gasteiger partial charge in [0.05, 0.1) is 5.56 Å². The lowest BCUT2D eigenvalue weighted by atomic mass is 10.2. The number of rotatable bonds is 3. The van der Waals surface area contributed by atoms with E-state index in [1.165, 1.54) is 0 Å². The standard InChI is InChI=1S/C13H14BrNO3/c14-11-6-2-1-5-10(11)13(17)18-9-12(16)15-7-3-4-8-15/h1-2,5-6H,3-4,7-9H2. The highest BCUT2D eigenvalue weighted by atomic mass is 79.9. The van der Waals surface area contributed by atoms with Gasteiger partial charge in [0.15, 0.2) is 6.61 Å². The van der Waals surface area contributed by atoms with E-state index in [4.69, 9.17) is 4.74 Å². The van der Waals surface area contributed by atoms with Crippen molar-refractivity contribution in [3.8, 4) is 0 Å². The van der Waals surface area contributed by atoms with Crippen LogP contribution in [0.1, 0.15) is 23.2 Å². The molecule has 2 rings (SSSR count). The molecule has 0 N–H and O–H groups in total. The lowest BCUT2D eigenvalue weighted by Crippen LogP contribution is -2.32. The Kier molecular flexibility index (Phi) is 4.36. The maximum absolute atomic E-state index is 11.8. The SMILES string of the molecule is O=C(OCC(=O)N1CCCC1)c1ccccc1Br. The van der Waals surface area contributed by atoms with Crippen LogP contribution in [0.2, 0.25) is 0 Å². The summed E-state index contributed by atoms with van der Waals surface area (Å²) in [5, 5.41) is 0. The number of carbonyl (C=O) groups is 2. The first-order chi connectivity index (χ1) is 8.68. The number of esters is 1. The molecule has 1 aromatic carbocycles. The first kappa shape index (κ1) is 13.1. The highest BCUT2D eigenvalue weighted by Gasteiger charge is 2.20. The lowest BCUT2D eigenvalue weighted by Gasteiger charge is -2.15. The summed E-state index contributed by atoms with van der Waals surface area (Å²) in [5.41, 5.74) is 0.437. The molecule has 0 unspecified atom stereocenters. The number of carbonyl (C=O) groups excluding carboxylic acids is 2. The van der Waals surface area contributed by atoms with Crippen LogP contribution in [0.25, 0.3) is 0 Å². The van der Waals surface area contributed by atoms with Crippen LogP contribution in [0.4, 0.5) is 0 Å². The van der Waals surface area contributed by atoms with Crippen molar-refractivity contribution >= 4 is 27.8 Å². The molecule has 1 saturated heterocycles. The number of hydrogen-bond acceptors (Lipinski definition) is 3. The zero-order valence-electron chi connectivity index (χ0n) is 9.89. The molecule has 1 fully saturated rings. The predicted molar refractivity (Wildman–Crippen MR) is 70.2 cm³/mol. The zero-order valence-corrected chi connectivity index (χ0v) is 11.5. The summed E-state index contributed by atoms with van der Waals surface area (Å²) >= 11 is 3.27. The third kappa shape index (κ3) is 3.10. The van der Waals surface area contributed by atoms with E-state index in [9.17, 15) is 9.59 Å². The molecule has 0 bridgehead atoms. The van der Waals surface area contributed by atoms with Crippen LogP contribution in [0.5, 0.6) is 0 Å². The molecule has 96 valence electrons. The molecule has 0 aromatic heterocycles. The molecule has 4 nitrogen and oxygen atoms in total. The summed E-state index contributed by atoms with van der Waals surface area (Å²) < 4.78 is 5.69. The smallest absolute Gasteiger partial charge is 0.339 e. The minimum absolute atomic E-state index is 0.118. The van der Waals surface area contributed by atoms with Gasteiger partial charge in [0.2, 0.25) is 0 Å². The van der Waals surface area contributed by atoms with E-state index in [0.29, 0.717) is 10.0 Å². The van der Waals surface area contributed by atoms with Crippen LogP contribution in [-0.2, 0) is 9.53 Å². The summed E-state index contributed by atoms with van der Waals surface area (Å²) in [6.07, 6.45) is 2.06. The van der Waals surface area contributed by atoms with Gasteiger partial charge in [-0.15, -0.1) is 0 Å². The van der Waals surface area contributed by atoms with Crippen molar-refractivity contribution in [1.29, 1.82) is 0 Å². The minimum atomic E-state index is -0.477. The van der Waals surface area contributed by atoms with E-state index < -0.39 is 5.97 Å². The molecule has 1 aliphatic heterocycles. The van der Waals surface area contributed by atoms with Crippen molar-refractivity contribution < 1.29 is 14.3 Å². The minimum Gasteiger partial charge on any atom is -0.452 e. The van der Waals surface area contributed by atoms with Crippen molar-refractivity contribution in [3.05, 3.63) is 34.3 Å². The largest absolute Gasteiger partial charge is 0.452 e. The predicted octanol–water partition coefficient (Wildman–Crippen LogP) is 2.23. The molecule has 1 aliphatic rings. The number of amides is 1. The van der Waals surface area contributed by atoms with E-state index in [-0.39, 0.29) is 12.5 Å². The molecule has 0 saturated carbocycles. The normalized spacial score (nSPS) is 14.6. The zero-order chi connectivity index (χ0) is 13.0. The van der Waals surface area contributed by atoms with E-state index in [2.05, 4.69) is 15.9 Å². The number of nitrogens with zero attached hydrogens (tertiary/aromatic N) is 1. The molecule has 1 aromatic rings. The Hall–Kier alpha value is -1.36. The number of hydrogen-bond donors (Lipinski definition) is 0. The monoisotopic (exact) mass is 311 g/mol. The Morgan fingerprint density at radius 1 is 1.22 bits per heavy atom. The van der Waals surface area contributed by atoms with Crippen molar-refractivity contribution in [2.24, 2.45) is 0 Å². The highest BCUT2D eigenvalue weighted by molar-refractivity contribution is 9.10. The van der Waals surface area contributed by atoms with Gasteiger partial charge in [0, 0.05) is 17.6 Å². The first-order valence-corrected chi connectivity index (χ1v) is 6.67. The molecule has 1 heterocycles. The number of ether oxygens (including phenoxy) is 1. The van der Waals surface area contributed by atoms with Crippen LogP contribution in [0.15, 0.2) is 28.7 Å². The fourth-order valence-electron chi connectivity index (χ4n) is 1.89. The maximum Gasteiger partial charge on any atom is 0.339 e. The number of likely N-dealkylation sites (tertiary alicyclic amines) is 1. The van der Waals surface area contributed by atoms with Crippen molar-refractivity contribution in [3.63, 3.8) is 0 Å². The molecule has 0 radical (unpaired) electrons. The summed E-state index contributed by atoms with van der Waals surface area (Å²) in [6.45, 7) is 1.36. The van der Waals surface area contributed by atoms with Crippen LogP contribution in [-0.4, -0.2) is 36.5 Å². The summed E-state index contributed by atoms with van der Waals surface area (Å²) in [6, 6.07) is 6.99. The summed E-state index contributed by atoms with van der Waals surface area (Å²) in [5.74, 6) is -0.595. The molecule has 18 heavy (non-hydrogen) atoms. The molecule has 0 aliphatic carbocycles. The second-order valence-corrected chi connectivity index (χ2v) is 5.00. The van der Waals surface area contributed by atoms with Gasteiger partial charge in [-0.3, -0.25) is 4.79 Å². The lowest BCUT2D eigenvalue weighted by molar-refractivity contribution is -0.133. The average molecular weight is 312 g/mol. The van der Waals surface area contributed by atoms with Gasteiger partial charge in [0.25, 0.3) is 5.91 Å². The average Bonchev–Trinajstić information content (AvgIpc) is 2.90. The Balaban J connectivity index is 1.88. The molecule has 5 heteroatoms. The molecular formula is C13H14BrNO3. The van der Waals surface area contributed by atoms with Crippen molar-refractivity contribution in [1.82, 2.24) is 4.90 Å². The third-order valence-corrected chi connectivity index (χ3v) is 3.57. The van der Waals surface area contributed by atoms with Crippen molar-refractivity contribution in [2.75, 3.05) is 19.7 Å². The van der Waals surface area contributed by atoms with Gasteiger partial charge in [-0.25, -0.2) is 4.79 Å². The van der Waals surface area contributed by atoms with Crippen LogP contribution >= 0.6 is 15.9 Å². The van der Waals surface area contributed by atoms with Gasteiger partial charge in [-0.1, -0.05) is 12.1 Å². The quantitative estimate of drug-likeness (QED) is 0.804. The first-order valence-electron chi connectivity index (χ1n) is 5.88. The molecular weight excluding hydrogens is 298 g/mol. The highest BCUT2D eigenvalue weighted by Crippen LogP contribution is 2.17. The van der Waals surface area contributed by atoms with Gasteiger partial charge >= 0.3 is 5.97 Å². The van der Waals surface area contributed by atoms with Crippen LogP contribution in [0, 0.1) is 0 Å². The van der Waals surface area contributed by atoms with Gasteiger partial charge in [-0.05, 0) is 40.9 Å². The molecule has 0 spiro atoms. The Morgan fingerprint density at radius 2 is 1.89 bits per heavy atom. The molecule has 0 atom stereocenters. The van der Waals surface area contributed by atoms with Gasteiger partial charge < -0.3 is 9.64 Å². The van der Waals surface area contributed by atoms with Crippen LogP contribution in [0.3, 0.4) is 0 Å². The Morgan fingerprint density at radius 3 is 2.56 bits per heavy atom. The molecule has 1 amide bonds. The van der Waals surface area contributed by atoms with E-state index in [1.54, 1.807) is 23.1 Å². The number of benzene rings is 1. The van der Waals surface area contributed by atoms with E-state index in [0.717, 1.165) is 25.9 Å².